The van der Waals surface area contributed by atoms with E-state index >= 15 is 0 Å². The summed E-state index contributed by atoms with van der Waals surface area (Å²) in [7, 11) is 0. The van der Waals surface area contributed by atoms with Gasteiger partial charge in [0.15, 0.2) is 5.83 Å². The molecule has 2 aromatic carbocycles. The second-order valence-corrected chi connectivity index (χ2v) is 14.1. The number of nitrogens with zero attached hydrogens (tertiary/aromatic N) is 6. The third-order valence-corrected chi connectivity index (χ3v) is 10.8. The van der Waals surface area contributed by atoms with Crippen LogP contribution in [0.2, 0.25) is 5.02 Å². The van der Waals surface area contributed by atoms with Gasteiger partial charge in [-0.3, -0.25) is 9.69 Å². The van der Waals surface area contributed by atoms with Crippen molar-refractivity contribution >= 4 is 34.1 Å². The van der Waals surface area contributed by atoms with Crippen LogP contribution in [-0.2, 0) is 21.6 Å². The summed E-state index contributed by atoms with van der Waals surface area (Å²) in [5.41, 5.74) is 1.89. The number of amides is 1. The zero-order valence-corrected chi connectivity index (χ0v) is 27.7. The molecule has 2 atom stereocenters. The van der Waals surface area contributed by atoms with Gasteiger partial charge in [-0.2, -0.15) is 9.97 Å². The first-order chi connectivity index (χ1) is 22.6. The highest BCUT2D eigenvalue weighted by atomic mass is 35.5. The van der Waals surface area contributed by atoms with Gasteiger partial charge in [0.25, 0.3) is 5.91 Å². The lowest BCUT2D eigenvalue weighted by molar-refractivity contribution is -0.131. The van der Waals surface area contributed by atoms with Crippen LogP contribution in [0.3, 0.4) is 0 Å². The van der Waals surface area contributed by atoms with Crippen LogP contribution in [0.1, 0.15) is 62.5 Å². The maximum absolute atomic E-state index is 14.0. The molecule has 0 aliphatic carbocycles. The van der Waals surface area contributed by atoms with Crippen molar-refractivity contribution in [2.75, 3.05) is 50.8 Å². The third-order valence-electron chi connectivity index (χ3n) is 10.5. The SMILES string of the molecule is [C-]#[N+]C[C@H]1CN(c2nc(OCC34CCCN3CCC4)nc3c2C(C)(C)OC(c2cccc4cccc(Cl)c24)C3)CCN1C(=O)C(=C)F. The molecule has 246 valence electrons. The molecule has 0 radical (unpaired) electrons. The number of anilines is 1. The monoisotopic (exact) mass is 658 g/mol. The molecule has 47 heavy (non-hydrogen) atoms. The van der Waals surface area contributed by atoms with Gasteiger partial charge < -0.3 is 24.1 Å². The molecule has 4 aliphatic heterocycles. The molecule has 4 aliphatic rings. The minimum Gasteiger partial charge on any atom is -0.461 e. The fraction of sp³-hybridized carbons (Fsp3) is 0.500. The van der Waals surface area contributed by atoms with Crippen LogP contribution in [0.4, 0.5) is 10.2 Å². The highest BCUT2D eigenvalue weighted by Gasteiger charge is 2.46. The highest BCUT2D eigenvalue weighted by Crippen LogP contribution is 2.47. The molecule has 7 rings (SSSR count). The average molecular weight is 659 g/mol. The number of fused-ring (bicyclic) bond motifs is 3. The minimum absolute atomic E-state index is 0.0194. The second kappa shape index (κ2) is 12.3. The van der Waals surface area contributed by atoms with Gasteiger partial charge >= 0.3 is 6.01 Å². The molecule has 1 unspecified atom stereocenters. The van der Waals surface area contributed by atoms with Crippen LogP contribution in [0.5, 0.6) is 6.01 Å². The largest absolute Gasteiger partial charge is 0.461 e. The normalized spacial score (nSPS) is 23.3. The lowest BCUT2D eigenvalue weighted by Crippen LogP contribution is -2.57. The number of carbonyl (C=O) groups excluding carboxylic acids is 1. The second-order valence-electron chi connectivity index (χ2n) is 13.7. The van der Waals surface area contributed by atoms with Gasteiger partial charge in [-0.25, -0.2) is 11.0 Å². The highest BCUT2D eigenvalue weighted by molar-refractivity contribution is 6.35. The standard InChI is InChI=1S/C36H40ClFN6O3/c1-23(38)33(45)44-18-17-42(21-25(44)20-39-4)32-31-28(40-34(41-32)46-22-36-13-7-15-43(36)16-8-14-36)19-29(47-35(31,2)3)26-11-5-9-24-10-6-12-27(37)30(24)26/h5-6,9-12,25,29H,1,7-8,13-22H2,2-3H3/t25-,29?/m0/s1. The van der Waals surface area contributed by atoms with E-state index in [1.807, 2.05) is 32.0 Å². The van der Waals surface area contributed by atoms with Crippen molar-refractivity contribution in [3.63, 3.8) is 0 Å². The number of rotatable bonds is 7. The van der Waals surface area contributed by atoms with Crippen molar-refractivity contribution in [2.24, 2.45) is 0 Å². The zero-order chi connectivity index (χ0) is 32.9. The van der Waals surface area contributed by atoms with Crippen molar-refractivity contribution in [1.82, 2.24) is 19.8 Å². The molecule has 0 bridgehead atoms. The van der Waals surface area contributed by atoms with Crippen molar-refractivity contribution in [3.05, 3.63) is 82.1 Å². The molecule has 1 amide bonds. The van der Waals surface area contributed by atoms with Gasteiger partial charge in [0.05, 0.1) is 22.9 Å². The summed E-state index contributed by atoms with van der Waals surface area (Å²) in [5, 5.41) is 2.68. The Labute approximate surface area is 280 Å². The molecule has 0 N–H and O–H groups in total. The molecule has 0 saturated carbocycles. The van der Waals surface area contributed by atoms with E-state index in [0.717, 1.165) is 66.4 Å². The van der Waals surface area contributed by atoms with Crippen LogP contribution >= 0.6 is 11.6 Å². The summed E-state index contributed by atoms with van der Waals surface area (Å²) >= 11 is 6.75. The van der Waals surface area contributed by atoms with Gasteiger partial charge in [-0.15, -0.1) is 0 Å². The Morgan fingerprint density at radius 2 is 1.89 bits per heavy atom. The fourth-order valence-corrected chi connectivity index (χ4v) is 8.61. The van der Waals surface area contributed by atoms with Crippen LogP contribution in [-0.4, -0.2) is 83.1 Å². The molecular weight excluding hydrogens is 619 g/mol. The van der Waals surface area contributed by atoms with E-state index in [1.54, 1.807) is 0 Å². The summed E-state index contributed by atoms with van der Waals surface area (Å²) in [6, 6.07) is 11.8. The van der Waals surface area contributed by atoms with E-state index in [1.165, 1.54) is 4.90 Å². The number of hydrogen-bond donors (Lipinski definition) is 0. The molecule has 3 saturated heterocycles. The number of ether oxygens (including phenoxy) is 2. The van der Waals surface area contributed by atoms with E-state index in [-0.39, 0.29) is 24.7 Å². The summed E-state index contributed by atoms with van der Waals surface area (Å²) in [6.07, 6.45) is 4.69. The van der Waals surface area contributed by atoms with Gasteiger partial charge in [-0.1, -0.05) is 48.5 Å². The van der Waals surface area contributed by atoms with E-state index in [9.17, 15) is 9.18 Å². The van der Waals surface area contributed by atoms with Crippen molar-refractivity contribution < 1.29 is 18.7 Å². The smallest absolute Gasteiger partial charge is 0.318 e. The average Bonchev–Trinajstić information content (AvgIpc) is 3.63. The maximum atomic E-state index is 14.0. The minimum atomic E-state index is -1.02. The van der Waals surface area contributed by atoms with E-state index in [4.69, 9.17) is 37.6 Å². The number of carbonyl (C=O) groups is 1. The van der Waals surface area contributed by atoms with Crippen LogP contribution in [0, 0.1) is 6.57 Å². The van der Waals surface area contributed by atoms with E-state index in [0.29, 0.717) is 43.0 Å². The molecule has 5 heterocycles. The van der Waals surface area contributed by atoms with E-state index in [2.05, 4.69) is 39.4 Å². The number of hydrogen-bond acceptors (Lipinski definition) is 7. The predicted octanol–water partition coefficient (Wildman–Crippen LogP) is 6.26. The number of halogens is 2. The Bertz CT molecular complexity index is 1760. The molecule has 11 heteroatoms. The van der Waals surface area contributed by atoms with Crippen molar-refractivity contribution in [2.45, 2.75) is 69.2 Å². The molecule has 9 nitrogen and oxygen atoms in total. The molecule has 0 spiro atoms. The Morgan fingerprint density at radius 1 is 1.15 bits per heavy atom. The fourth-order valence-electron chi connectivity index (χ4n) is 8.32. The van der Waals surface area contributed by atoms with Gasteiger partial charge in [-0.05, 0) is 69.6 Å². The number of benzene rings is 2. The predicted molar refractivity (Wildman–Crippen MR) is 179 cm³/mol. The molecule has 1 aromatic heterocycles. The first kappa shape index (κ1) is 31.8. The first-order valence-electron chi connectivity index (χ1n) is 16.5. The Balaban J connectivity index is 1.29. The van der Waals surface area contributed by atoms with E-state index < -0.39 is 23.4 Å². The maximum Gasteiger partial charge on any atom is 0.318 e. The van der Waals surface area contributed by atoms with Crippen LogP contribution in [0.15, 0.2) is 48.8 Å². The van der Waals surface area contributed by atoms with Gasteiger partial charge in [0.1, 0.15) is 18.5 Å². The molecular formula is C36H40ClFN6O3. The summed E-state index contributed by atoms with van der Waals surface area (Å²) in [5.74, 6) is -1.13. The Kier molecular flexibility index (Phi) is 8.35. The van der Waals surface area contributed by atoms with Crippen molar-refractivity contribution in [3.8, 4) is 6.01 Å². The van der Waals surface area contributed by atoms with Crippen LogP contribution < -0.4 is 9.64 Å². The lowest BCUT2D eigenvalue weighted by atomic mass is 9.86. The van der Waals surface area contributed by atoms with Gasteiger partial charge in [0, 0.05) is 42.0 Å². The Hall–Kier alpha value is -3.78. The third kappa shape index (κ3) is 5.73. The van der Waals surface area contributed by atoms with Gasteiger partial charge in [0.2, 0.25) is 6.54 Å². The first-order valence-corrected chi connectivity index (χ1v) is 16.9. The summed E-state index contributed by atoms with van der Waals surface area (Å²) < 4.78 is 27.4. The summed E-state index contributed by atoms with van der Waals surface area (Å²) in [6.45, 7) is 18.5. The molecule has 3 fully saturated rings. The quantitative estimate of drug-likeness (QED) is 0.219. The lowest BCUT2D eigenvalue weighted by Gasteiger charge is -2.44. The number of aromatic nitrogens is 2. The van der Waals surface area contributed by atoms with Crippen LogP contribution in [0.25, 0.3) is 15.6 Å². The summed E-state index contributed by atoms with van der Waals surface area (Å²) in [4.78, 5) is 32.4. The zero-order valence-electron chi connectivity index (χ0n) is 27.0. The number of piperazine rings is 1. The molecule has 3 aromatic rings. The Morgan fingerprint density at radius 3 is 2.62 bits per heavy atom. The van der Waals surface area contributed by atoms with Crippen molar-refractivity contribution in [1.29, 1.82) is 0 Å². The topological polar surface area (TPSA) is 75.4 Å².